The van der Waals surface area contributed by atoms with E-state index < -0.39 is 17.6 Å². The Labute approximate surface area is 153 Å². The van der Waals surface area contributed by atoms with E-state index in [1.54, 1.807) is 0 Å². The van der Waals surface area contributed by atoms with E-state index in [0.717, 1.165) is 29.3 Å². The van der Waals surface area contributed by atoms with Crippen LogP contribution in [0.15, 0.2) is 46.9 Å². The van der Waals surface area contributed by atoms with Gasteiger partial charge in [-0.05, 0) is 48.7 Å². The van der Waals surface area contributed by atoms with E-state index in [-0.39, 0.29) is 17.5 Å². The highest BCUT2D eigenvalue weighted by Crippen LogP contribution is 2.29. The number of hydrogen-bond acceptors (Lipinski definition) is 4. The Balaban J connectivity index is 1.70. The molecule has 0 fully saturated rings. The Morgan fingerprint density at radius 1 is 1.07 bits per heavy atom. The van der Waals surface area contributed by atoms with Gasteiger partial charge in [0, 0.05) is 5.56 Å². The van der Waals surface area contributed by atoms with Crippen molar-refractivity contribution in [3.05, 3.63) is 76.2 Å². The van der Waals surface area contributed by atoms with E-state index in [9.17, 15) is 18.0 Å². The van der Waals surface area contributed by atoms with Crippen molar-refractivity contribution in [2.75, 3.05) is 5.32 Å². The van der Waals surface area contributed by atoms with Crippen LogP contribution in [0.2, 0.25) is 0 Å². The molecule has 1 amide bonds. The number of amides is 1. The third kappa shape index (κ3) is 4.52. The first-order valence-electron chi connectivity index (χ1n) is 8.09. The summed E-state index contributed by atoms with van der Waals surface area (Å²) in [7, 11) is 0. The van der Waals surface area contributed by atoms with Crippen molar-refractivity contribution >= 4 is 11.9 Å². The van der Waals surface area contributed by atoms with Gasteiger partial charge in [0.2, 0.25) is 5.89 Å². The van der Waals surface area contributed by atoms with Crippen molar-refractivity contribution in [2.24, 2.45) is 0 Å². The molecule has 0 saturated heterocycles. The minimum Gasteiger partial charge on any atom is -0.407 e. The summed E-state index contributed by atoms with van der Waals surface area (Å²) >= 11 is 0. The fraction of sp³-hybridized carbons (Fsp3) is 0.211. The third-order valence-corrected chi connectivity index (χ3v) is 4.07. The molecule has 2 aromatic carbocycles. The Kier molecular flexibility index (Phi) is 4.98. The SMILES string of the molecule is Cc1ccc(Cc2nnc(NC(=O)c3cccc(C(F)(F)F)c3)o2)cc1C. The first-order chi connectivity index (χ1) is 12.7. The van der Waals surface area contributed by atoms with Gasteiger partial charge in [0.25, 0.3) is 5.91 Å². The molecule has 0 saturated carbocycles. The minimum atomic E-state index is -4.53. The van der Waals surface area contributed by atoms with Crippen molar-refractivity contribution in [1.82, 2.24) is 10.2 Å². The summed E-state index contributed by atoms with van der Waals surface area (Å²) in [5.41, 5.74) is 2.20. The standard InChI is InChI=1S/C19H16F3N3O2/c1-11-6-7-13(8-12(11)2)9-16-24-25-18(27-16)23-17(26)14-4-3-5-15(10-14)19(20,21)22/h3-8,10H,9H2,1-2H3,(H,23,25,26). The number of carbonyl (C=O) groups is 1. The molecule has 0 bridgehead atoms. The number of rotatable bonds is 4. The molecule has 0 radical (unpaired) electrons. The van der Waals surface area contributed by atoms with Gasteiger partial charge < -0.3 is 4.42 Å². The summed E-state index contributed by atoms with van der Waals surface area (Å²) in [5, 5.41) is 9.89. The number of halogens is 3. The Morgan fingerprint density at radius 2 is 1.85 bits per heavy atom. The van der Waals surface area contributed by atoms with Crippen molar-refractivity contribution in [3.8, 4) is 0 Å². The van der Waals surface area contributed by atoms with Gasteiger partial charge in [0.15, 0.2) is 0 Å². The zero-order valence-electron chi connectivity index (χ0n) is 14.6. The number of benzene rings is 2. The Bertz CT molecular complexity index is 980. The van der Waals surface area contributed by atoms with Crippen LogP contribution in [0, 0.1) is 13.8 Å². The monoisotopic (exact) mass is 375 g/mol. The van der Waals surface area contributed by atoms with Crippen molar-refractivity contribution < 1.29 is 22.4 Å². The summed E-state index contributed by atoms with van der Waals surface area (Å²) < 4.78 is 43.6. The van der Waals surface area contributed by atoms with Crippen LogP contribution in [0.4, 0.5) is 19.2 Å². The van der Waals surface area contributed by atoms with Crippen LogP contribution in [0.5, 0.6) is 0 Å². The molecular weight excluding hydrogens is 359 g/mol. The van der Waals surface area contributed by atoms with E-state index >= 15 is 0 Å². The average molecular weight is 375 g/mol. The lowest BCUT2D eigenvalue weighted by Gasteiger charge is -2.07. The van der Waals surface area contributed by atoms with Crippen molar-refractivity contribution in [3.63, 3.8) is 0 Å². The molecule has 0 aliphatic rings. The second kappa shape index (κ2) is 7.22. The molecule has 1 N–H and O–H groups in total. The van der Waals surface area contributed by atoms with E-state index in [2.05, 4.69) is 15.5 Å². The van der Waals surface area contributed by atoms with Crippen molar-refractivity contribution in [2.45, 2.75) is 26.4 Å². The number of nitrogens with one attached hydrogen (secondary N) is 1. The summed E-state index contributed by atoms with van der Waals surface area (Å²) in [6.45, 7) is 4.00. The van der Waals surface area contributed by atoms with Crippen LogP contribution in [-0.4, -0.2) is 16.1 Å². The van der Waals surface area contributed by atoms with Crippen LogP contribution < -0.4 is 5.32 Å². The molecule has 3 aromatic rings. The van der Waals surface area contributed by atoms with Crippen molar-refractivity contribution in [1.29, 1.82) is 0 Å². The van der Waals surface area contributed by atoms with Gasteiger partial charge in [0.05, 0.1) is 12.0 Å². The maximum Gasteiger partial charge on any atom is 0.416 e. The maximum absolute atomic E-state index is 12.7. The fourth-order valence-corrected chi connectivity index (χ4v) is 2.47. The van der Waals surface area contributed by atoms with Gasteiger partial charge in [-0.25, -0.2) is 0 Å². The lowest BCUT2D eigenvalue weighted by molar-refractivity contribution is -0.137. The smallest absolute Gasteiger partial charge is 0.407 e. The van der Waals surface area contributed by atoms with Crippen LogP contribution >= 0.6 is 0 Å². The number of hydrogen-bond donors (Lipinski definition) is 1. The molecule has 8 heteroatoms. The number of alkyl halides is 3. The summed E-state index contributed by atoms with van der Waals surface area (Å²) in [4.78, 5) is 12.1. The van der Waals surface area contributed by atoms with Crippen LogP contribution in [0.1, 0.15) is 38.5 Å². The molecule has 3 rings (SSSR count). The molecule has 1 heterocycles. The van der Waals surface area contributed by atoms with Gasteiger partial charge in [-0.3, -0.25) is 10.1 Å². The molecule has 27 heavy (non-hydrogen) atoms. The van der Waals surface area contributed by atoms with Gasteiger partial charge in [-0.2, -0.15) is 13.2 Å². The van der Waals surface area contributed by atoms with E-state index in [4.69, 9.17) is 4.42 Å². The highest BCUT2D eigenvalue weighted by Gasteiger charge is 2.31. The number of aromatic nitrogens is 2. The maximum atomic E-state index is 12.7. The van der Waals surface area contributed by atoms with Gasteiger partial charge in [-0.1, -0.05) is 29.4 Å². The predicted octanol–water partition coefficient (Wildman–Crippen LogP) is 4.55. The fourth-order valence-electron chi connectivity index (χ4n) is 2.47. The largest absolute Gasteiger partial charge is 0.416 e. The normalized spacial score (nSPS) is 11.4. The summed E-state index contributed by atoms with van der Waals surface area (Å²) in [5.74, 6) is -0.472. The topological polar surface area (TPSA) is 68.0 Å². The number of anilines is 1. The van der Waals surface area contributed by atoms with Gasteiger partial charge >= 0.3 is 12.2 Å². The summed E-state index contributed by atoms with van der Waals surface area (Å²) in [6, 6.07) is 9.85. The second-order valence-electron chi connectivity index (χ2n) is 6.13. The quantitative estimate of drug-likeness (QED) is 0.727. The number of nitrogens with zero attached hydrogens (tertiary/aromatic N) is 2. The zero-order chi connectivity index (χ0) is 19.6. The minimum absolute atomic E-state index is 0.154. The van der Waals surface area contributed by atoms with E-state index in [1.807, 2.05) is 32.0 Å². The lowest BCUT2D eigenvalue weighted by atomic mass is 10.0. The van der Waals surface area contributed by atoms with Crippen LogP contribution in [0.25, 0.3) is 0 Å². The first kappa shape index (κ1) is 18.6. The predicted molar refractivity (Wildman–Crippen MR) is 92.4 cm³/mol. The average Bonchev–Trinajstić information content (AvgIpc) is 3.04. The Hall–Kier alpha value is -3.16. The molecule has 0 aliphatic carbocycles. The molecule has 0 atom stereocenters. The first-order valence-corrected chi connectivity index (χ1v) is 8.09. The van der Waals surface area contributed by atoms with Crippen LogP contribution in [0.3, 0.4) is 0 Å². The molecule has 1 aromatic heterocycles. The van der Waals surface area contributed by atoms with Gasteiger partial charge in [0.1, 0.15) is 0 Å². The molecule has 140 valence electrons. The molecular formula is C19H16F3N3O2. The van der Waals surface area contributed by atoms with Crippen LogP contribution in [-0.2, 0) is 12.6 Å². The summed E-state index contributed by atoms with van der Waals surface area (Å²) in [6.07, 6.45) is -4.15. The van der Waals surface area contributed by atoms with Gasteiger partial charge in [-0.15, -0.1) is 5.10 Å². The molecule has 0 aliphatic heterocycles. The third-order valence-electron chi connectivity index (χ3n) is 4.07. The zero-order valence-corrected chi connectivity index (χ0v) is 14.6. The highest BCUT2D eigenvalue weighted by molar-refractivity contribution is 6.03. The highest BCUT2D eigenvalue weighted by atomic mass is 19.4. The molecule has 5 nitrogen and oxygen atoms in total. The number of aryl methyl sites for hydroxylation is 2. The lowest BCUT2D eigenvalue weighted by Crippen LogP contribution is -2.14. The second-order valence-corrected chi connectivity index (χ2v) is 6.13. The molecule has 0 spiro atoms. The molecule has 0 unspecified atom stereocenters. The Morgan fingerprint density at radius 3 is 2.56 bits per heavy atom. The van der Waals surface area contributed by atoms with E-state index in [0.29, 0.717) is 6.42 Å². The number of carbonyl (C=O) groups excluding carboxylic acids is 1. The van der Waals surface area contributed by atoms with E-state index in [1.165, 1.54) is 11.6 Å².